The van der Waals surface area contributed by atoms with Crippen molar-refractivity contribution in [2.24, 2.45) is 0 Å². The number of likely N-dealkylation sites (tertiary alicyclic amines) is 1. The van der Waals surface area contributed by atoms with E-state index in [4.69, 9.17) is 0 Å². The van der Waals surface area contributed by atoms with Crippen LogP contribution in [0.15, 0.2) is 46.3 Å². The fraction of sp³-hybridized carbons (Fsp3) is 0.267. The second-order valence-electron chi connectivity index (χ2n) is 4.68. The molecule has 4 heteroatoms. The Bertz CT molecular complexity index is 582. The van der Waals surface area contributed by atoms with Gasteiger partial charge in [-0.05, 0) is 42.5 Å². The molecule has 1 amide bonds. The Morgan fingerprint density at radius 3 is 2.95 bits per heavy atom. The van der Waals surface area contributed by atoms with Gasteiger partial charge >= 0.3 is 0 Å². The van der Waals surface area contributed by atoms with Gasteiger partial charge in [-0.25, -0.2) is 0 Å². The summed E-state index contributed by atoms with van der Waals surface area (Å²) in [7, 11) is 0. The van der Waals surface area contributed by atoms with Gasteiger partial charge in [-0.3, -0.25) is 4.79 Å². The van der Waals surface area contributed by atoms with Crippen molar-refractivity contribution < 1.29 is 4.79 Å². The predicted molar refractivity (Wildman–Crippen MR) is 81.5 cm³/mol. The summed E-state index contributed by atoms with van der Waals surface area (Å²) in [5.41, 5.74) is 0.762. The summed E-state index contributed by atoms with van der Waals surface area (Å²) in [5, 5.41) is 2.08. The quantitative estimate of drug-likeness (QED) is 0.791. The first-order valence-corrected chi connectivity index (χ1v) is 8.03. The third kappa shape index (κ3) is 2.60. The highest BCUT2D eigenvalue weighted by Gasteiger charge is 2.31. The fourth-order valence-electron chi connectivity index (χ4n) is 2.57. The lowest BCUT2D eigenvalue weighted by Crippen LogP contribution is -2.30. The van der Waals surface area contributed by atoms with Crippen LogP contribution in [0.5, 0.6) is 0 Å². The lowest BCUT2D eigenvalue weighted by atomic mass is 10.1. The molecule has 2 nitrogen and oxygen atoms in total. The van der Waals surface area contributed by atoms with E-state index in [2.05, 4.69) is 33.4 Å². The Kier molecular flexibility index (Phi) is 3.71. The Labute approximate surface area is 125 Å². The van der Waals surface area contributed by atoms with Gasteiger partial charge in [0, 0.05) is 21.5 Å². The van der Waals surface area contributed by atoms with Crippen LogP contribution in [0.25, 0.3) is 0 Å². The largest absolute Gasteiger partial charge is 0.331 e. The lowest BCUT2D eigenvalue weighted by Gasteiger charge is -2.24. The highest BCUT2D eigenvalue weighted by Crippen LogP contribution is 2.35. The smallest absolute Gasteiger partial charge is 0.254 e. The van der Waals surface area contributed by atoms with Crippen molar-refractivity contribution in [1.82, 2.24) is 4.90 Å². The number of thiophene rings is 1. The first kappa shape index (κ1) is 12.9. The molecule has 98 valence electrons. The second-order valence-corrected chi connectivity index (χ2v) is 6.58. The summed E-state index contributed by atoms with van der Waals surface area (Å²) in [4.78, 5) is 15.9. The number of carbonyl (C=O) groups is 1. The normalized spacial score (nSPS) is 18.8. The van der Waals surface area contributed by atoms with Gasteiger partial charge in [-0.1, -0.05) is 28.1 Å². The van der Waals surface area contributed by atoms with Crippen LogP contribution in [-0.2, 0) is 0 Å². The number of halogens is 1. The number of rotatable bonds is 2. The third-order valence-electron chi connectivity index (χ3n) is 3.46. The van der Waals surface area contributed by atoms with Gasteiger partial charge < -0.3 is 4.90 Å². The molecule has 0 bridgehead atoms. The van der Waals surface area contributed by atoms with E-state index < -0.39 is 0 Å². The minimum Gasteiger partial charge on any atom is -0.331 e. The minimum atomic E-state index is 0.136. The van der Waals surface area contributed by atoms with Crippen molar-refractivity contribution in [1.29, 1.82) is 0 Å². The molecule has 1 aromatic carbocycles. The highest BCUT2D eigenvalue weighted by molar-refractivity contribution is 9.10. The number of benzene rings is 1. The molecule has 1 aliphatic heterocycles. The summed E-state index contributed by atoms with van der Waals surface area (Å²) in [6.07, 6.45) is 2.16. The zero-order valence-corrected chi connectivity index (χ0v) is 12.8. The molecule has 2 aromatic rings. The van der Waals surface area contributed by atoms with Gasteiger partial charge in [-0.15, -0.1) is 11.3 Å². The van der Waals surface area contributed by atoms with Crippen LogP contribution in [0, 0.1) is 0 Å². The van der Waals surface area contributed by atoms with Crippen molar-refractivity contribution in [3.05, 3.63) is 56.7 Å². The molecule has 2 heterocycles. The Morgan fingerprint density at radius 2 is 2.21 bits per heavy atom. The molecule has 0 radical (unpaired) electrons. The van der Waals surface area contributed by atoms with E-state index in [1.54, 1.807) is 11.3 Å². The summed E-state index contributed by atoms with van der Waals surface area (Å²) in [5.74, 6) is 0.136. The van der Waals surface area contributed by atoms with E-state index in [9.17, 15) is 4.79 Å². The molecule has 0 saturated carbocycles. The van der Waals surface area contributed by atoms with E-state index in [0.29, 0.717) is 0 Å². The molecule has 1 aromatic heterocycles. The molecule has 1 aliphatic rings. The molecule has 0 N–H and O–H groups in total. The highest BCUT2D eigenvalue weighted by atomic mass is 79.9. The van der Waals surface area contributed by atoms with Crippen LogP contribution in [0.4, 0.5) is 0 Å². The first-order chi connectivity index (χ1) is 9.25. The molecule has 1 fully saturated rings. The molecule has 3 rings (SSSR count). The van der Waals surface area contributed by atoms with Gasteiger partial charge in [-0.2, -0.15) is 0 Å². The SMILES string of the molecule is O=C(c1cccc(Br)c1)N1CCCC1c1cccs1. The van der Waals surface area contributed by atoms with E-state index in [-0.39, 0.29) is 11.9 Å². The van der Waals surface area contributed by atoms with Crippen LogP contribution in [-0.4, -0.2) is 17.4 Å². The summed E-state index contributed by atoms with van der Waals surface area (Å²) in [6, 6.07) is 12.1. The van der Waals surface area contributed by atoms with E-state index in [0.717, 1.165) is 29.4 Å². The van der Waals surface area contributed by atoms with Gasteiger partial charge in [0.05, 0.1) is 6.04 Å². The molecular weight excluding hydrogens is 322 g/mol. The molecule has 1 saturated heterocycles. The topological polar surface area (TPSA) is 20.3 Å². The average Bonchev–Trinajstić information content (AvgIpc) is 3.08. The average molecular weight is 336 g/mol. The number of hydrogen-bond acceptors (Lipinski definition) is 2. The van der Waals surface area contributed by atoms with Crippen LogP contribution in [0.2, 0.25) is 0 Å². The van der Waals surface area contributed by atoms with E-state index in [1.807, 2.05) is 29.2 Å². The Balaban J connectivity index is 1.87. The van der Waals surface area contributed by atoms with E-state index >= 15 is 0 Å². The van der Waals surface area contributed by atoms with Crippen LogP contribution >= 0.6 is 27.3 Å². The second kappa shape index (κ2) is 5.47. The summed E-state index contributed by atoms with van der Waals surface area (Å²) in [6.45, 7) is 0.855. The maximum Gasteiger partial charge on any atom is 0.254 e. The predicted octanol–water partition coefficient (Wildman–Crippen LogP) is 4.49. The lowest BCUT2D eigenvalue weighted by molar-refractivity contribution is 0.0738. The van der Waals surface area contributed by atoms with Gasteiger partial charge in [0.15, 0.2) is 0 Å². The standard InChI is InChI=1S/C15H14BrNOS/c16-12-5-1-4-11(10-12)15(18)17-8-2-6-13(17)14-7-3-9-19-14/h1,3-5,7,9-10,13H,2,6,8H2. The number of hydrogen-bond donors (Lipinski definition) is 0. The summed E-state index contributed by atoms with van der Waals surface area (Å²) < 4.78 is 0.949. The number of amides is 1. The fourth-order valence-corrected chi connectivity index (χ4v) is 3.85. The van der Waals surface area contributed by atoms with Gasteiger partial charge in [0.1, 0.15) is 0 Å². The molecular formula is C15H14BrNOS. The molecule has 0 spiro atoms. The zero-order valence-electron chi connectivity index (χ0n) is 10.4. The van der Waals surface area contributed by atoms with Crippen molar-refractivity contribution in [3.8, 4) is 0 Å². The van der Waals surface area contributed by atoms with Gasteiger partial charge in [0.25, 0.3) is 5.91 Å². The molecule has 0 aliphatic carbocycles. The zero-order chi connectivity index (χ0) is 13.2. The first-order valence-electron chi connectivity index (χ1n) is 6.35. The van der Waals surface area contributed by atoms with Crippen LogP contribution in [0.1, 0.15) is 34.1 Å². The van der Waals surface area contributed by atoms with E-state index in [1.165, 1.54) is 4.88 Å². The van der Waals surface area contributed by atoms with Crippen molar-refractivity contribution in [2.75, 3.05) is 6.54 Å². The Morgan fingerprint density at radius 1 is 1.32 bits per heavy atom. The van der Waals surface area contributed by atoms with Crippen LogP contribution in [0.3, 0.4) is 0 Å². The van der Waals surface area contributed by atoms with Crippen molar-refractivity contribution >= 4 is 33.2 Å². The molecule has 1 atom stereocenters. The molecule has 19 heavy (non-hydrogen) atoms. The maximum absolute atomic E-state index is 12.6. The number of carbonyl (C=O) groups excluding carboxylic acids is 1. The Hall–Kier alpha value is -1.13. The monoisotopic (exact) mass is 335 g/mol. The van der Waals surface area contributed by atoms with Crippen LogP contribution < -0.4 is 0 Å². The number of nitrogens with zero attached hydrogens (tertiary/aromatic N) is 1. The maximum atomic E-state index is 12.6. The minimum absolute atomic E-state index is 0.136. The van der Waals surface area contributed by atoms with Crippen molar-refractivity contribution in [3.63, 3.8) is 0 Å². The van der Waals surface area contributed by atoms with Crippen molar-refractivity contribution in [2.45, 2.75) is 18.9 Å². The summed E-state index contributed by atoms with van der Waals surface area (Å²) >= 11 is 5.16. The van der Waals surface area contributed by atoms with Gasteiger partial charge in [0.2, 0.25) is 0 Å². The third-order valence-corrected chi connectivity index (χ3v) is 4.92. The molecule has 1 unspecified atom stereocenters.